The van der Waals surface area contributed by atoms with Gasteiger partial charge in [-0.15, -0.1) is 0 Å². The fraction of sp³-hybridized carbons (Fsp3) is 0.500. The molecule has 0 bridgehead atoms. The molecule has 1 aromatic heterocycles. The first-order valence-corrected chi connectivity index (χ1v) is 7.33. The van der Waals surface area contributed by atoms with Crippen LogP contribution in [0.15, 0.2) is 18.2 Å². The average Bonchev–Trinajstić information content (AvgIpc) is 2.84. The van der Waals surface area contributed by atoms with Gasteiger partial charge < -0.3 is 19.8 Å². The summed E-state index contributed by atoms with van der Waals surface area (Å²) in [6.45, 7) is 0.778. The normalized spacial score (nSPS) is 20.7. The Morgan fingerprint density at radius 3 is 2.91 bits per heavy atom. The van der Waals surface area contributed by atoms with Gasteiger partial charge in [-0.25, -0.2) is 13.8 Å². The van der Waals surface area contributed by atoms with Crippen LogP contribution in [-0.2, 0) is 16.0 Å². The molecule has 1 aliphatic rings. The van der Waals surface area contributed by atoms with Gasteiger partial charge in [-0.2, -0.15) is 0 Å². The van der Waals surface area contributed by atoms with Crippen molar-refractivity contribution in [3.63, 3.8) is 0 Å². The third-order valence-corrected chi connectivity index (χ3v) is 3.84. The zero-order chi connectivity index (χ0) is 15.7. The molecule has 0 aliphatic carbocycles. The molecule has 1 aliphatic heterocycles. The second kappa shape index (κ2) is 6.45. The van der Waals surface area contributed by atoms with Crippen molar-refractivity contribution in [1.29, 1.82) is 0 Å². The molecule has 0 amide bonds. The van der Waals surface area contributed by atoms with Crippen LogP contribution in [0.1, 0.15) is 11.9 Å². The van der Waals surface area contributed by atoms with Gasteiger partial charge in [-0.1, -0.05) is 11.6 Å². The van der Waals surface area contributed by atoms with Gasteiger partial charge in [0, 0.05) is 5.02 Å². The number of rotatable bonds is 4. The molecule has 0 spiro atoms. The van der Waals surface area contributed by atoms with E-state index in [0.29, 0.717) is 41.7 Å². The number of hydrogen-bond acceptors (Lipinski definition) is 4. The van der Waals surface area contributed by atoms with E-state index in [4.69, 9.17) is 26.8 Å². The van der Waals surface area contributed by atoms with E-state index < -0.39 is 25.1 Å². The Morgan fingerprint density at radius 1 is 1.41 bits per heavy atom. The summed E-state index contributed by atoms with van der Waals surface area (Å²) in [5, 5.41) is 0.492. The third-order valence-electron chi connectivity index (χ3n) is 3.60. The lowest BCUT2D eigenvalue weighted by atomic mass is 10.1. The molecule has 2 heterocycles. The molecule has 22 heavy (non-hydrogen) atoms. The molecule has 1 saturated heterocycles. The Bertz CT molecular complexity index is 659. The third kappa shape index (κ3) is 3.08. The largest absolute Gasteiger partial charge is 0.376 e. The minimum absolute atomic E-state index is 0.319. The van der Waals surface area contributed by atoms with E-state index in [1.165, 1.54) is 4.57 Å². The van der Waals surface area contributed by atoms with Crippen molar-refractivity contribution in [3.05, 3.63) is 29.0 Å². The van der Waals surface area contributed by atoms with Gasteiger partial charge >= 0.3 is 0 Å². The number of imidazole rings is 1. The van der Waals surface area contributed by atoms with Crippen LogP contribution in [0, 0.1) is 0 Å². The maximum absolute atomic E-state index is 12.9. The molecule has 0 saturated carbocycles. The smallest absolute Gasteiger partial charge is 0.256 e. The van der Waals surface area contributed by atoms with Crippen molar-refractivity contribution in [3.8, 4) is 0 Å². The predicted octanol–water partition coefficient (Wildman–Crippen LogP) is 2.37. The lowest BCUT2D eigenvalue weighted by Crippen LogP contribution is -2.39. The van der Waals surface area contributed by atoms with E-state index >= 15 is 0 Å². The highest BCUT2D eigenvalue weighted by Gasteiger charge is 2.28. The maximum atomic E-state index is 12.9. The Hall–Kier alpha value is -1.28. The van der Waals surface area contributed by atoms with Crippen LogP contribution in [-0.4, -0.2) is 41.9 Å². The molecule has 0 radical (unpaired) electrons. The number of halogens is 3. The highest BCUT2D eigenvalue weighted by atomic mass is 35.5. The number of alkyl halides is 2. The van der Waals surface area contributed by atoms with Gasteiger partial charge in [-0.05, 0) is 18.2 Å². The molecule has 1 aromatic carbocycles. The highest BCUT2D eigenvalue weighted by Crippen LogP contribution is 2.26. The molecule has 8 heteroatoms. The number of nitrogens with zero attached hydrogens (tertiary/aromatic N) is 2. The summed E-state index contributed by atoms with van der Waals surface area (Å²) in [5.41, 5.74) is 7.30. The van der Waals surface area contributed by atoms with Crippen molar-refractivity contribution in [2.24, 2.45) is 5.73 Å². The van der Waals surface area contributed by atoms with Gasteiger partial charge in [0.2, 0.25) is 0 Å². The van der Waals surface area contributed by atoms with Crippen LogP contribution < -0.4 is 5.73 Å². The Morgan fingerprint density at radius 2 is 2.23 bits per heavy atom. The molecule has 5 nitrogen and oxygen atoms in total. The summed E-state index contributed by atoms with van der Waals surface area (Å²) < 4.78 is 38.2. The van der Waals surface area contributed by atoms with Crippen molar-refractivity contribution < 1.29 is 18.3 Å². The molecular formula is C14H16ClF2N3O2. The second-order valence-electron chi connectivity index (χ2n) is 5.11. The van der Waals surface area contributed by atoms with Crippen molar-refractivity contribution in [2.75, 3.05) is 19.8 Å². The highest BCUT2D eigenvalue weighted by molar-refractivity contribution is 6.31. The molecule has 120 valence electrons. The van der Waals surface area contributed by atoms with E-state index in [1.807, 2.05) is 0 Å². The SMILES string of the molecule is NC(c1nc2cc(Cl)ccc2n1CC(F)F)C1COCCO1. The van der Waals surface area contributed by atoms with E-state index in [-0.39, 0.29) is 0 Å². The van der Waals surface area contributed by atoms with Crippen LogP contribution in [0.4, 0.5) is 8.78 Å². The fourth-order valence-corrected chi connectivity index (χ4v) is 2.75. The van der Waals surface area contributed by atoms with Gasteiger partial charge in [0.15, 0.2) is 0 Å². The molecule has 3 rings (SSSR count). The lowest BCUT2D eigenvalue weighted by molar-refractivity contribution is -0.0988. The van der Waals surface area contributed by atoms with E-state index in [9.17, 15) is 8.78 Å². The van der Waals surface area contributed by atoms with Gasteiger partial charge in [0.1, 0.15) is 11.9 Å². The zero-order valence-corrected chi connectivity index (χ0v) is 12.5. The van der Waals surface area contributed by atoms with Crippen molar-refractivity contribution in [1.82, 2.24) is 9.55 Å². The Balaban J connectivity index is 2.02. The summed E-state index contributed by atoms with van der Waals surface area (Å²) in [6, 6.07) is 4.29. The van der Waals surface area contributed by atoms with Crippen LogP contribution in [0.5, 0.6) is 0 Å². The summed E-state index contributed by atoms with van der Waals surface area (Å²) >= 11 is 5.94. The first-order chi connectivity index (χ1) is 10.6. The zero-order valence-electron chi connectivity index (χ0n) is 11.7. The maximum Gasteiger partial charge on any atom is 0.256 e. The topological polar surface area (TPSA) is 62.3 Å². The minimum atomic E-state index is -2.51. The predicted molar refractivity (Wildman–Crippen MR) is 78.2 cm³/mol. The molecule has 1 fully saturated rings. The summed E-state index contributed by atoms with van der Waals surface area (Å²) in [5.74, 6) is 0.355. The van der Waals surface area contributed by atoms with Crippen LogP contribution in [0.25, 0.3) is 11.0 Å². The monoisotopic (exact) mass is 331 g/mol. The van der Waals surface area contributed by atoms with Crippen LogP contribution in [0.2, 0.25) is 5.02 Å². The number of aromatic nitrogens is 2. The molecular weight excluding hydrogens is 316 g/mol. The summed E-state index contributed by atoms with van der Waals surface area (Å²) in [6.07, 6.45) is -2.92. The second-order valence-corrected chi connectivity index (χ2v) is 5.55. The molecule has 2 N–H and O–H groups in total. The Labute approximate surface area is 131 Å². The first kappa shape index (κ1) is 15.6. The van der Waals surface area contributed by atoms with Gasteiger partial charge in [0.25, 0.3) is 6.43 Å². The van der Waals surface area contributed by atoms with Gasteiger partial charge in [-0.3, -0.25) is 0 Å². The summed E-state index contributed by atoms with van der Waals surface area (Å²) in [4.78, 5) is 4.39. The van der Waals surface area contributed by atoms with Crippen LogP contribution >= 0.6 is 11.6 Å². The van der Waals surface area contributed by atoms with Crippen molar-refractivity contribution >= 4 is 22.6 Å². The Kier molecular flexibility index (Phi) is 4.58. The number of fused-ring (bicyclic) bond motifs is 1. The average molecular weight is 332 g/mol. The molecule has 2 aromatic rings. The first-order valence-electron chi connectivity index (χ1n) is 6.95. The standard InChI is InChI=1S/C14H16ClF2N3O2/c15-8-1-2-10-9(5-8)19-14(20(10)6-12(16)17)13(18)11-7-21-3-4-22-11/h1-2,5,11-13H,3-4,6-7,18H2. The fourth-order valence-electron chi connectivity index (χ4n) is 2.59. The number of nitrogens with two attached hydrogens (primary N) is 1. The number of benzene rings is 1. The minimum Gasteiger partial charge on any atom is -0.376 e. The van der Waals surface area contributed by atoms with Crippen molar-refractivity contribution in [2.45, 2.75) is 25.1 Å². The molecule has 2 atom stereocenters. The van der Waals surface area contributed by atoms with Crippen LogP contribution in [0.3, 0.4) is 0 Å². The van der Waals surface area contributed by atoms with E-state index in [2.05, 4.69) is 4.98 Å². The quantitative estimate of drug-likeness (QED) is 0.934. The van der Waals surface area contributed by atoms with E-state index in [0.717, 1.165) is 0 Å². The number of ether oxygens (including phenoxy) is 2. The summed E-state index contributed by atoms with van der Waals surface area (Å²) in [7, 11) is 0. The lowest BCUT2D eigenvalue weighted by Gasteiger charge is -2.28. The number of hydrogen-bond donors (Lipinski definition) is 1. The van der Waals surface area contributed by atoms with Gasteiger partial charge in [0.05, 0.1) is 43.4 Å². The van der Waals surface area contributed by atoms with E-state index in [1.54, 1.807) is 18.2 Å². The molecule has 2 unspecified atom stereocenters.